The number of thiazole rings is 1. The largest absolute Gasteiger partial charge is 0.482 e. The molecule has 26 heavy (non-hydrogen) atoms. The molecule has 2 aromatic rings. The van der Waals surface area contributed by atoms with E-state index in [2.05, 4.69) is 11.9 Å². The third-order valence-electron chi connectivity index (χ3n) is 4.38. The summed E-state index contributed by atoms with van der Waals surface area (Å²) in [5.74, 6) is 0.334. The van der Waals surface area contributed by atoms with Crippen molar-refractivity contribution >= 4 is 28.8 Å². The summed E-state index contributed by atoms with van der Waals surface area (Å²) in [5, 5.41) is 2.96. The van der Waals surface area contributed by atoms with Gasteiger partial charge in [-0.15, -0.1) is 11.3 Å². The lowest BCUT2D eigenvalue weighted by Crippen LogP contribution is -2.45. The van der Waals surface area contributed by atoms with Gasteiger partial charge in [-0.3, -0.25) is 14.5 Å². The highest BCUT2D eigenvalue weighted by molar-refractivity contribution is 7.09. The standard InChI is InChI=1S/C19H23N3O3S/c1-4-5-8-21(3)18(23)10-22-16-9-14(15-12-26-13(2)20-15)6-7-17(16)25-11-19(22)24/h6-7,9,12H,4-5,8,10-11H2,1-3H3. The van der Waals surface area contributed by atoms with Crippen LogP contribution in [0.3, 0.4) is 0 Å². The number of hydrogen-bond acceptors (Lipinski definition) is 5. The van der Waals surface area contributed by atoms with Crippen LogP contribution in [0.2, 0.25) is 0 Å². The number of carbonyl (C=O) groups excluding carboxylic acids is 2. The molecule has 3 rings (SSSR count). The van der Waals surface area contributed by atoms with Crippen molar-refractivity contribution in [2.24, 2.45) is 0 Å². The summed E-state index contributed by atoms with van der Waals surface area (Å²) in [5.41, 5.74) is 2.39. The third kappa shape index (κ3) is 3.88. The fourth-order valence-corrected chi connectivity index (χ4v) is 3.43. The van der Waals surface area contributed by atoms with E-state index in [1.54, 1.807) is 23.3 Å². The Morgan fingerprint density at radius 3 is 2.92 bits per heavy atom. The zero-order valence-electron chi connectivity index (χ0n) is 15.3. The number of anilines is 1. The molecular weight excluding hydrogens is 350 g/mol. The molecule has 0 atom stereocenters. The Morgan fingerprint density at radius 2 is 2.23 bits per heavy atom. The molecule has 1 aliphatic rings. The molecule has 6 nitrogen and oxygen atoms in total. The Labute approximate surface area is 157 Å². The predicted octanol–water partition coefficient (Wildman–Crippen LogP) is 3.10. The molecule has 1 aliphatic heterocycles. The van der Waals surface area contributed by atoms with Crippen LogP contribution < -0.4 is 9.64 Å². The molecule has 138 valence electrons. The number of ether oxygens (including phenoxy) is 1. The molecular formula is C19H23N3O3S. The fourth-order valence-electron chi connectivity index (χ4n) is 2.81. The predicted molar refractivity (Wildman–Crippen MR) is 103 cm³/mol. The second-order valence-corrected chi connectivity index (χ2v) is 7.43. The van der Waals surface area contributed by atoms with E-state index in [1.165, 1.54) is 4.90 Å². The number of carbonyl (C=O) groups is 2. The van der Waals surface area contributed by atoms with Crippen LogP contribution in [0.4, 0.5) is 5.69 Å². The molecule has 1 aromatic carbocycles. The number of amides is 2. The summed E-state index contributed by atoms with van der Waals surface area (Å²) in [6, 6.07) is 5.64. The molecule has 0 saturated heterocycles. The normalized spacial score (nSPS) is 13.3. The number of benzene rings is 1. The van der Waals surface area contributed by atoms with Crippen LogP contribution in [0.5, 0.6) is 5.75 Å². The number of aromatic nitrogens is 1. The van der Waals surface area contributed by atoms with Crippen molar-refractivity contribution in [2.75, 3.05) is 31.6 Å². The quantitative estimate of drug-likeness (QED) is 0.781. The minimum atomic E-state index is -0.207. The van der Waals surface area contributed by atoms with E-state index < -0.39 is 0 Å². The number of nitrogens with zero attached hydrogens (tertiary/aromatic N) is 3. The maximum Gasteiger partial charge on any atom is 0.265 e. The molecule has 7 heteroatoms. The fraction of sp³-hybridized carbons (Fsp3) is 0.421. The minimum Gasteiger partial charge on any atom is -0.482 e. The Kier molecular flexibility index (Phi) is 5.56. The summed E-state index contributed by atoms with van der Waals surface area (Å²) in [4.78, 5) is 32.6. The Hall–Kier alpha value is -2.41. The molecule has 0 spiro atoms. The van der Waals surface area contributed by atoms with Gasteiger partial charge in [0.25, 0.3) is 5.91 Å². The molecule has 0 N–H and O–H groups in total. The first kappa shape index (κ1) is 18.4. The highest BCUT2D eigenvalue weighted by Gasteiger charge is 2.28. The maximum atomic E-state index is 12.5. The van der Waals surface area contributed by atoms with Crippen LogP contribution >= 0.6 is 11.3 Å². The Bertz CT molecular complexity index is 818. The lowest BCUT2D eigenvalue weighted by atomic mass is 10.1. The highest BCUT2D eigenvalue weighted by atomic mass is 32.1. The van der Waals surface area contributed by atoms with Crippen molar-refractivity contribution in [1.29, 1.82) is 0 Å². The molecule has 2 heterocycles. The average molecular weight is 373 g/mol. The van der Waals surface area contributed by atoms with Gasteiger partial charge < -0.3 is 9.64 Å². The summed E-state index contributed by atoms with van der Waals surface area (Å²) < 4.78 is 5.54. The Balaban J connectivity index is 1.86. The minimum absolute atomic E-state index is 0.0228. The number of rotatable bonds is 6. The van der Waals surface area contributed by atoms with Crippen LogP contribution in [-0.4, -0.2) is 48.4 Å². The highest BCUT2D eigenvalue weighted by Crippen LogP contribution is 2.36. The van der Waals surface area contributed by atoms with Crippen molar-refractivity contribution < 1.29 is 14.3 Å². The van der Waals surface area contributed by atoms with Gasteiger partial charge in [0.2, 0.25) is 5.91 Å². The van der Waals surface area contributed by atoms with Crippen molar-refractivity contribution in [3.8, 4) is 17.0 Å². The first-order chi connectivity index (χ1) is 12.5. The molecule has 0 fully saturated rings. The van der Waals surface area contributed by atoms with Crippen LogP contribution in [-0.2, 0) is 9.59 Å². The summed E-state index contributed by atoms with van der Waals surface area (Å²) in [7, 11) is 1.78. The van der Waals surface area contributed by atoms with Gasteiger partial charge in [0.1, 0.15) is 12.3 Å². The molecule has 0 bridgehead atoms. The summed E-state index contributed by atoms with van der Waals surface area (Å²) in [6.07, 6.45) is 1.97. The van der Waals surface area contributed by atoms with Crippen LogP contribution in [0.1, 0.15) is 24.8 Å². The first-order valence-electron chi connectivity index (χ1n) is 8.73. The van der Waals surface area contributed by atoms with Crippen molar-refractivity contribution in [3.05, 3.63) is 28.6 Å². The monoisotopic (exact) mass is 373 g/mol. The lowest BCUT2D eigenvalue weighted by molar-refractivity contribution is -0.131. The zero-order valence-corrected chi connectivity index (χ0v) is 16.1. The van der Waals surface area contributed by atoms with E-state index in [1.807, 2.05) is 30.5 Å². The van der Waals surface area contributed by atoms with Gasteiger partial charge in [-0.05, 0) is 31.5 Å². The number of fused-ring (bicyclic) bond motifs is 1. The van der Waals surface area contributed by atoms with Crippen LogP contribution in [0, 0.1) is 6.92 Å². The average Bonchev–Trinajstić information content (AvgIpc) is 3.07. The van der Waals surface area contributed by atoms with Gasteiger partial charge in [-0.2, -0.15) is 0 Å². The second kappa shape index (κ2) is 7.86. The smallest absolute Gasteiger partial charge is 0.265 e. The maximum absolute atomic E-state index is 12.5. The lowest BCUT2D eigenvalue weighted by Gasteiger charge is -2.30. The second-order valence-electron chi connectivity index (χ2n) is 6.37. The molecule has 2 amide bonds. The Morgan fingerprint density at radius 1 is 1.42 bits per heavy atom. The van der Waals surface area contributed by atoms with Gasteiger partial charge in [0.05, 0.1) is 16.4 Å². The van der Waals surface area contributed by atoms with E-state index in [0.717, 1.165) is 29.1 Å². The van der Waals surface area contributed by atoms with Crippen molar-refractivity contribution in [2.45, 2.75) is 26.7 Å². The van der Waals surface area contributed by atoms with Crippen molar-refractivity contribution in [1.82, 2.24) is 9.88 Å². The molecule has 0 aliphatic carbocycles. The number of hydrogen-bond donors (Lipinski definition) is 0. The molecule has 0 saturated carbocycles. The third-order valence-corrected chi connectivity index (χ3v) is 5.16. The molecule has 0 unspecified atom stereocenters. The van der Waals surface area contributed by atoms with E-state index in [9.17, 15) is 9.59 Å². The topological polar surface area (TPSA) is 62.7 Å². The summed E-state index contributed by atoms with van der Waals surface area (Å²) in [6.45, 7) is 4.71. The van der Waals surface area contributed by atoms with Gasteiger partial charge in [-0.1, -0.05) is 13.3 Å². The van der Waals surface area contributed by atoms with Gasteiger partial charge in [0, 0.05) is 24.5 Å². The van der Waals surface area contributed by atoms with E-state index in [-0.39, 0.29) is 25.0 Å². The van der Waals surface area contributed by atoms with Gasteiger partial charge in [0.15, 0.2) is 6.61 Å². The first-order valence-corrected chi connectivity index (χ1v) is 9.61. The zero-order chi connectivity index (χ0) is 18.7. The van der Waals surface area contributed by atoms with Crippen LogP contribution in [0.25, 0.3) is 11.3 Å². The number of unbranched alkanes of at least 4 members (excludes halogenated alkanes) is 1. The molecule has 0 radical (unpaired) electrons. The van der Waals surface area contributed by atoms with Crippen molar-refractivity contribution in [3.63, 3.8) is 0 Å². The van der Waals surface area contributed by atoms with Gasteiger partial charge in [-0.25, -0.2) is 4.98 Å². The number of likely N-dealkylation sites (N-methyl/N-ethyl adjacent to an activating group) is 1. The summed E-state index contributed by atoms with van der Waals surface area (Å²) >= 11 is 1.58. The van der Waals surface area contributed by atoms with Gasteiger partial charge >= 0.3 is 0 Å². The van der Waals surface area contributed by atoms with E-state index in [4.69, 9.17) is 4.74 Å². The number of aryl methyl sites for hydroxylation is 1. The van der Waals surface area contributed by atoms with E-state index >= 15 is 0 Å². The SMILES string of the molecule is CCCCN(C)C(=O)CN1C(=O)COc2ccc(-c3csc(C)n3)cc21. The molecule has 1 aromatic heterocycles. The van der Waals surface area contributed by atoms with Crippen LogP contribution in [0.15, 0.2) is 23.6 Å². The van der Waals surface area contributed by atoms with E-state index in [0.29, 0.717) is 18.0 Å².